The smallest absolute Gasteiger partial charge is 0.319 e. The van der Waals surface area contributed by atoms with E-state index in [1.165, 1.54) is 0 Å². The van der Waals surface area contributed by atoms with Gasteiger partial charge in [-0.2, -0.15) is 9.97 Å². The Morgan fingerprint density at radius 1 is 1.09 bits per heavy atom. The number of aromatic nitrogens is 2. The Balaban J connectivity index is 1.28. The van der Waals surface area contributed by atoms with Gasteiger partial charge in [-0.15, -0.1) is 0 Å². The molecule has 0 spiro atoms. The fraction of sp³-hybridized carbons (Fsp3) is 0.471. The second-order valence-corrected chi connectivity index (χ2v) is 13.3. The first kappa shape index (κ1) is 27.5. The molecule has 4 fully saturated rings. The third-order valence-electron chi connectivity index (χ3n) is 10.2. The summed E-state index contributed by atoms with van der Waals surface area (Å²) in [5, 5.41) is 6.63. The van der Waals surface area contributed by atoms with Crippen LogP contribution in [0.15, 0.2) is 42.5 Å². The van der Waals surface area contributed by atoms with E-state index in [4.69, 9.17) is 26.3 Å². The number of fused-ring (bicyclic) bond motifs is 5. The topological polar surface area (TPSA) is 53.5 Å². The average molecular weight is 604 g/mol. The van der Waals surface area contributed by atoms with Crippen LogP contribution in [-0.4, -0.2) is 71.4 Å². The molecule has 0 aliphatic carbocycles. The summed E-state index contributed by atoms with van der Waals surface area (Å²) in [6.07, 6.45) is 4.52. The first-order valence-corrected chi connectivity index (χ1v) is 16.0. The molecule has 6 nitrogen and oxygen atoms in total. The molecular formula is C34H36ClF2N5O. The number of halogens is 3. The van der Waals surface area contributed by atoms with E-state index < -0.39 is 12.0 Å². The van der Waals surface area contributed by atoms with Gasteiger partial charge in [0.15, 0.2) is 5.82 Å². The molecule has 0 amide bonds. The molecular weight excluding hydrogens is 568 g/mol. The highest BCUT2D eigenvalue weighted by atomic mass is 35.5. The van der Waals surface area contributed by atoms with Crippen molar-refractivity contribution in [1.82, 2.24) is 20.2 Å². The highest BCUT2D eigenvalue weighted by Crippen LogP contribution is 2.44. The van der Waals surface area contributed by atoms with Gasteiger partial charge in [0.2, 0.25) is 0 Å². The normalized spacial score (nSPS) is 27.0. The first-order valence-electron chi connectivity index (χ1n) is 15.7. The third-order valence-corrected chi connectivity index (χ3v) is 10.5. The van der Waals surface area contributed by atoms with Crippen molar-refractivity contribution in [3.05, 3.63) is 58.9 Å². The number of nitrogens with zero attached hydrogens (tertiary/aromatic N) is 4. The average Bonchev–Trinajstić information content (AvgIpc) is 3.65. The second kappa shape index (κ2) is 10.5. The number of benzene rings is 3. The molecule has 5 heterocycles. The number of hydrogen-bond acceptors (Lipinski definition) is 6. The van der Waals surface area contributed by atoms with E-state index in [2.05, 4.69) is 28.1 Å². The van der Waals surface area contributed by atoms with Crippen LogP contribution in [0.4, 0.5) is 14.6 Å². The van der Waals surface area contributed by atoms with E-state index in [0.717, 1.165) is 73.6 Å². The Bertz CT molecular complexity index is 1720. The molecule has 0 saturated carbocycles. The van der Waals surface area contributed by atoms with Crippen molar-refractivity contribution < 1.29 is 13.5 Å². The molecule has 4 aliphatic rings. The van der Waals surface area contributed by atoms with Crippen LogP contribution in [0.2, 0.25) is 5.02 Å². The van der Waals surface area contributed by atoms with Gasteiger partial charge in [0.05, 0.1) is 10.6 Å². The number of nitrogens with one attached hydrogen (secondary N) is 1. The van der Waals surface area contributed by atoms with Crippen molar-refractivity contribution in [3.63, 3.8) is 0 Å². The number of ether oxygens (including phenoxy) is 1. The van der Waals surface area contributed by atoms with E-state index in [9.17, 15) is 4.39 Å². The van der Waals surface area contributed by atoms with Crippen LogP contribution < -0.4 is 15.0 Å². The van der Waals surface area contributed by atoms with Gasteiger partial charge in [-0.25, -0.2) is 8.78 Å². The molecule has 4 saturated heterocycles. The summed E-state index contributed by atoms with van der Waals surface area (Å²) in [7, 11) is 0. The number of alkyl halides is 1. The summed E-state index contributed by atoms with van der Waals surface area (Å²) >= 11 is 6.98. The van der Waals surface area contributed by atoms with Crippen LogP contribution in [0.1, 0.15) is 44.6 Å². The lowest BCUT2D eigenvalue weighted by atomic mass is 9.92. The number of aryl methyl sites for hydroxylation is 1. The van der Waals surface area contributed by atoms with Gasteiger partial charge in [0, 0.05) is 49.1 Å². The minimum atomic E-state index is -0.857. The molecule has 224 valence electrons. The maximum Gasteiger partial charge on any atom is 0.319 e. The molecule has 1 N–H and O–H groups in total. The summed E-state index contributed by atoms with van der Waals surface area (Å²) in [4.78, 5) is 14.0. The zero-order valence-corrected chi connectivity index (χ0v) is 25.1. The molecule has 9 heteroatoms. The third kappa shape index (κ3) is 4.56. The quantitative estimate of drug-likeness (QED) is 0.265. The van der Waals surface area contributed by atoms with Gasteiger partial charge in [0.1, 0.15) is 24.1 Å². The molecule has 4 aliphatic heterocycles. The predicted octanol–water partition coefficient (Wildman–Crippen LogP) is 6.70. The van der Waals surface area contributed by atoms with Crippen molar-refractivity contribution in [2.75, 3.05) is 37.7 Å². The molecule has 4 atom stereocenters. The monoisotopic (exact) mass is 603 g/mol. The summed E-state index contributed by atoms with van der Waals surface area (Å²) in [6, 6.07) is 14.8. The van der Waals surface area contributed by atoms with Crippen LogP contribution in [0.5, 0.6) is 6.01 Å². The fourth-order valence-corrected chi connectivity index (χ4v) is 8.55. The van der Waals surface area contributed by atoms with Crippen molar-refractivity contribution in [3.8, 4) is 17.1 Å². The minimum absolute atomic E-state index is 0.135. The molecule has 3 aromatic carbocycles. The SMILES string of the molecule is CCc1cccc2cccc(-c3c(Cl)cc4c(N5CC6CCC(C5)N6)nc(OC[C@@]56CCCN5CC(F)C6)nc4c3F)c12. The van der Waals surface area contributed by atoms with E-state index in [-0.39, 0.29) is 23.7 Å². The van der Waals surface area contributed by atoms with E-state index >= 15 is 4.39 Å². The van der Waals surface area contributed by atoms with E-state index in [1.807, 2.05) is 36.4 Å². The largest absolute Gasteiger partial charge is 0.461 e. The molecule has 43 heavy (non-hydrogen) atoms. The number of piperazine rings is 1. The molecule has 4 aromatic rings. The maximum atomic E-state index is 17.0. The van der Waals surface area contributed by atoms with Gasteiger partial charge in [-0.05, 0) is 66.6 Å². The Labute approximate surface area is 255 Å². The van der Waals surface area contributed by atoms with Crippen molar-refractivity contribution in [2.45, 2.75) is 69.2 Å². The van der Waals surface area contributed by atoms with Crippen molar-refractivity contribution in [2.24, 2.45) is 0 Å². The second-order valence-electron chi connectivity index (χ2n) is 12.9. The van der Waals surface area contributed by atoms with Crippen LogP contribution in [0, 0.1) is 5.82 Å². The van der Waals surface area contributed by atoms with Crippen LogP contribution in [0.25, 0.3) is 32.8 Å². The highest BCUT2D eigenvalue weighted by molar-refractivity contribution is 6.35. The highest BCUT2D eigenvalue weighted by Gasteiger charge is 2.49. The Kier molecular flexibility index (Phi) is 6.73. The first-order chi connectivity index (χ1) is 20.9. The predicted molar refractivity (Wildman–Crippen MR) is 168 cm³/mol. The molecule has 0 radical (unpaired) electrons. The molecule has 3 unspecified atom stereocenters. The summed E-state index contributed by atoms with van der Waals surface area (Å²) in [5.74, 6) is 0.173. The lowest BCUT2D eigenvalue weighted by molar-refractivity contribution is 0.107. The summed E-state index contributed by atoms with van der Waals surface area (Å²) in [6.45, 7) is 5.25. The minimum Gasteiger partial charge on any atom is -0.461 e. The summed E-state index contributed by atoms with van der Waals surface area (Å²) in [5.41, 5.74) is 2.08. The Morgan fingerprint density at radius 2 is 1.88 bits per heavy atom. The van der Waals surface area contributed by atoms with Gasteiger partial charge < -0.3 is 15.0 Å². The number of rotatable bonds is 6. The van der Waals surface area contributed by atoms with Gasteiger partial charge in [-0.1, -0.05) is 54.9 Å². The Hall–Kier alpha value is -3.07. The lowest BCUT2D eigenvalue weighted by Crippen LogP contribution is -2.51. The van der Waals surface area contributed by atoms with Gasteiger partial charge in [-0.3, -0.25) is 4.90 Å². The van der Waals surface area contributed by atoms with E-state index in [0.29, 0.717) is 46.8 Å². The van der Waals surface area contributed by atoms with Crippen LogP contribution >= 0.6 is 11.6 Å². The standard InChI is InChI=1S/C34H36ClF2N5O/c1-2-20-6-3-7-21-8-4-9-25(28(20)21)29-27(35)14-26-31(30(29)37)39-33(40-32(26)41-17-23-10-11-24(18-41)38-23)43-19-34-12-5-13-42(34)16-22(36)15-34/h3-4,6-9,14,22-24,38H,2,5,10-13,15-19H2,1H3/t22?,23?,24?,34-/m0/s1. The van der Waals surface area contributed by atoms with E-state index in [1.54, 1.807) is 0 Å². The summed E-state index contributed by atoms with van der Waals surface area (Å²) < 4.78 is 37.7. The zero-order valence-electron chi connectivity index (χ0n) is 24.4. The maximum absolute atomic E-state index is 17.0. The molecule has 1 aromatic heterocycles. The van der Waals surface area contributed by atoms with Gasteiger partial charge >= 0.3 is 6.01 Å². The van der Waals surface area contributed by atoms with Crippen LogP contribution in [0.3, 0.4) is 0 Å². The zero-order chi connectivity index (χ0) is 29.3. The van der Waals surface area contributed by atoms with Crippen molar-refractivity contribution >= 4 is 39.1 Å². The molecule has 2 bridgehead atoms. The van der Waals surface area contributed by atoms with Gasteiger partial charge in [0.25, 0.3) is 0 Å². The number of hydrogen-bond donors (Lipinski definition) is 1. The lowest BCUT2D eigenvalue weighted by Gasteiger charge is -2.34. The molecule has 8 rings (SSSR count). The van der Waals surface area contributed by atoms with Crippen molar-refractivity contribution in [1.29, 1.82) is 0 Å². The van der Waals surface area contributed by atoms with Crippen LogP contribution in [-0.2, 0) is 6.42 Å². The fourth-order valence-electron chi connectivity index (χ4n) is 8.25. The number of anilines is 1. The Morgan fingerprint density at radius 3 is 2.67 bits per heavy atom.